The number of aliphatic hydroxyl groups is 2. The standard InChI is InChI=1S/C13H21N5O4/c1-4-8(7-20)14-12-15-10-9(18(12)5-6-19)11(21)17(3)13(22)16(10)2/h8,19-20H,4-7H2,1-3H3,(H,14,15)/t8-/m0/s1. The molecule has 0 fully saturated rings. The molecule has 2 rings (SSSR count). The summed E-state index contributed by atoms with van der Waals surface area (Å²) in [7, 11) is 2.93. The van der Waals surface area contributed by atoms with Gasteiger partial charge in [-0.2, -0.15) is 4.98 Å². The SMILES string of the molecule is CC[C@@H](CO)Nc1nc2c(c(=O)n(C)c(=O)n2C)n1CCO. The fourth-order valence-corrected chi connectivity index (χ4v) is 2.33. The Bertz CT molecular complexity index is 784. The predicted molar refractivity (Wildman–Crippen MR) is 82.1 cm³/mol. The summed E-state index contributed by atoms with van der Waals surface area (Å²) in [6.07, 6.45) is 0.662. The number of nitrogens with one attached hydrogen (secondary N) is 1. The van der Waals surface area contributed by atoms with Crippen molar-refractivity contribution in [3.05, 3.63) is 20.8 Å². The second kappa shape index (κ2) is 6.32. The molecule has 0 radical (unpaired) electrons. The van der Waals surface area contributed by atoms with E-state index in [1.165, 1.54) is 23.2 Å². The van der Waals surface area contributed by atoms with Crippen LogP contribution in [-0.4, -0.2) is 48.2 Å². The summed E-state index contributed by atoms with van der Waals surface area (Å²) in [5.74, 6) is 0.350. The summed E-state index contributed by atoms with van der Waals surface area (Å²) >= 11 is 0. The zero-order chi connectivity index (χ0) is 16.4. The zero-order valence-electron chi connectivity index (χ0n) is 12.9. The third-order valence-electron chi connectivity index (χ3n) is 3.72. The molecule has 3 N–H and O–H groups in total. The number of fused-ring (bicyclic) bond motifs is 1. The molecule has 0 bridgehead atoms. The van der Waals surface area contributed by atoms with Crippen molar-refractivity contribution in [2.45, 2.75) is 25.9 Å². The van der Waals surface area contributed by atoms with Gasteiger partial charge in [-0.15, -0.1) is 0 Å². The van der Waals surface area contributed by atoms with E-state index in [9.17, 15) is 19.8 Å². The molecular weight excluding hydrogens is 290 g/mol. The van der Waals surface area contributed by atoms with Gasteiger partial charge in [0.25, 0.3) is 5.56 Å². The Kier molecular flexibility index (Phi) is 4.67. The van der Waals surface area contributed by atoms with E-state index in [1.807, 2.05) is 6.92 Å². The van der Waals surface area contributed by atoms with Gasteiger partial charge in [-0.25, -0.2) is 4.79 Å². The van der Waals surface area contributed by atoms with E-state index in [0.29, 0.717) is 12.4 Å². The summed E-state index contributed by atoms with van der Waals surface area (Å²) in [5.41, 5.74) is -0.443. The first-order valence-electron chi connectivity index (χ1n) is 7.10. The van der Waals surface area contributed by atoms with Crippen LogP contribution in [0.5, 0.6) is 0 Å². The van der Waals surface area contributed by atoms with E-state index in [2.05, 4.69) is 10.3 Å². The van der Waals surface area contributed by atoms with E-state index in [0.717, 1.165) is 4.57 Å². The minimum atomic E-state index is -0.468. The Balaban J connectivity index is 2.75. The topological polar surface area (TPSA) is 114 Å². The van der Waals surface area contributed by atoms with Crippen LogP contribution in [0.4, 0.5) is 5.95 Å². The van der Waals surface area contributed by atoms with Gasteiger partial charge in [-0.05, 0) is 6.42 Å². The van der Waals surface area contributed by atoms with Crippen LogP contribution in [0.2, 0.25) is 0 Å². The summed E-state index contributed by atoms with van der Waals surface area (Å²) in [4.78, 5) is 28.7. The number of anilines is 1. The smallest absolute Gasteiger partial charge is 0.332 e. The van der Waals surface area contributed by atoms with Gasteiger partial charge in [-0.1, -0.05) is 6.92 Å². The first-order chi connectivity index (χ1) is 10.5. The number of hydrogen-bond acceptors (Lipinski definition) is 6. The molecule has 0 saturated carbocycles. The molecule has 0 aliphatic rings. The molecule has 0 aromatic carbocycles. The maximum atomic E-state index is 12.4. The average Bonchev–Trinajstić information content (AvgIpc) is 2.87. The number of nitrogens with zero attached hydrogens (tertiary/aromatic N) is 4. The van der Waals surface area contributed by atoms with Crippen LogP contribution in [0.15, 0.2) is 9.59 Å². The highest BCUT2D eigenvalue weighted by Gasteiger charge is 2.20. The number of aryl methyl sites for hydroxylation is 1. The Morgan fingerprint density at radius 3 is 2.45 bits per heavy atom. The third kappa shape index (κ3) is 2.53. The van der Waals surface area contributed by atoms with Gasteiger partial charge in [-0.3, -0.25) is 13.9 Å². The lowest BCUT2D eigenvalue weighted by Gasteiger charge is -2.15. The quantitative estimate of drug-likeness (QED) is 0.605. The Hall–Kier alpha value is -2.13. The molecule has 2 aromatic rings. The van der Waals surface area contributed by atoms with Crippen LogP contribution in [-0.2, 0) is 20.6 Å². The lowest BCUT2D eigenvalue weighted by molar-refractivity contribution is 0.268. The van der Waals surface area contributed by atoms with E-state index >= 15 is 0 Å². The van der Waals surface area contributed by atoms with Gasteiger partial charge in [0, 0.05) is 20.6 Å². The van der Waals surface area contributed by atoms with Gasteiger partial charge >= 0.3 is 5.69 Å². The highest BCUT2D eigenvalue weighted by molar-refractivity contribution is 5.74. The molecule has 2 heterocycles. The molecule has 0 spiro atoms. The monoisotopic (exact) mass is 311 g/mol. The second-order valence-corrected chi connectivity index (χ2v) is 5.12. The van der Waals surface area contributed by atoms with Gasteiger partial charge in [0.15, 0.2) is 11.2 Å². The second-order valence-electron chi connectivity index (χ2n) is 5.12. The van der Waals surface area contributed by atoms with Crippen LogP contribution in [0, 0.1) is 0 Å². The molecule has 0 aliphatic carbocycles. The number of aliphatic hydroxyl groups excluding tert-OH is 2. The van der Waals surface area contributed by atoms with Crippen molar-refractivity contribution in [1.82, 2.24) is 18.7 Å². The molecule has 0 saturated heterocycles. The summed E-state index contributed by atoms with van der Waals surface area (Å²) < 4.78 is 3.83. The number of rotatable bonds is 6. The molecule has 122 valence electrons. The van der Waals surface area contributed by atoms with Gasteiger partial charge in [0.1, 0.15) is 0 Å². The van der Waals surface area contributed by atoms with Crippen molar-refractivity contribution in [2.75, 3.05) is 18.5 Å². The van der Waals surface area contributed by atoms with E-state index in [4.69, 9.17) is 0 Å². The maximum absolute atomic E-state index is 12.4. The Morgan fingerprint density at radius 1 is 1.23 bits per heavy atom. The first-order valence-corrected chi connectivity index (χ1v) is 7.10. The summed E-state index contributed by atoms with van der Waals surface area (Å²) in [5, 5.41) is 21.6. The summed E-state index contributed by atoms with van der Waals surface area (Å²) in [6, 6.07) is -0.227. The van der Waals surface area contributed by atoms with Gasteiger partial charge in [0.2, 0.25) is 5.95 Å². The van der Waals surface area contributed by atoms with Crippen molar-refractivity contribution in [1.29, 1.82) is 0 Å². The fourth-order valence-electron chi connectivity index (χ4n) is 2.33. The number of aromatic nitrogens is 4. The fraction of sp³-hybridized carbons (Fsp3) is 0.615. The van der Waals surface area contributed by atoms with Crippen molar-refractivity contribution in [3.63, 3.8) is 0 Å². The van der Waals surface area contributed by atoms with Gasteiger partial charge < -0.3 is 20.1 Å². The summed E-state index contributed by atoms with van der Waals surface area (Å²) in [6.45, 7) is 1.80. The molecule has 9 heteroatoms. The minimum absolute atomic E-state index is 0.0875. The molecule has 9 nitrogen and oxygen atoms in total. The number of hydrogen-bond donors (Lipinski definition) is 3. The Labute approximate surface area is 126 Å². The van der Waals surface area contributed by atoms with E-state index < -0.39 is 11.2 Å². The normalized spacial score (nSPS) is 12.8. The van der Waals surface area contributed by atoms with Crippen molar-refractivity contribution >= 4 is 17.1 Å². The van der Waals surface area contributed by atoms with Crippen molar-refractivity contribution in [2.24, 2.45) is 14.1 Å². The van der Waals surface area contributed by atoms with Crippen LogP contribution < -0.4 is 16.6 Å². The molecule has 0 amide bonds. The molecule has 2 aromatic heterocycles. The van der Waals surface area contributed by atoms with Crippen LogP contribution >= 0.6 is 0 Å². The largest absolute Gasteiger partial charge is 0.395 e. The Morgan fingerprint density at radius 2 is 1.91 bits per heavy atom. The van der Waals surface area contributed by atoms with Crippen molar-refractivity contribution in [3.8, 4) is 0 Å². The maximum Gasteiger partial charge on any atom is 0.332 e. The molecule has 0 aliphatic heterocycles. The molecular formula is C13H21N5O4. The third-order valence-corrected chi connectivity index (χ3v) is 3.72. The van der Waals surface area contributed by atoms with Crippen LogP contribution in [0.3, 0.4) is 0 Å². The lowest BCUT2D eigenvalue weighted by Crippen LogP contribution is -2.37. The molecule has 0 unspecified atom stereocenters. The first kappa shape index (κ1) is 16.2. The molecule has 22 heavy (non-hydrogen) atoms. The average molecular weight is 311 g/mol. The van der Waals surface area contributed by atoms with E-state index in [1.54, 1.807) is 0 Å². The van der Waals surface area contributed by atoms with Crippen LogP contribution in [0.25, 0.3) is 11.2 Å². The predicted octanol–water partition coefficient (Wildman–Crippen LogP) is -1.39. The highest BCUT2D eigenvalue weighted by atomic mass is 16.3. The van der Waals surface area contributed by atoms with Crippen LogP contribution in [0.1, 0.15) is 13.3 Å². The van der Waals surface area contributed by atoms with Gasteiger partial charge in [0.05, 0.1) is 19.3 Å². The van der Waals surface area contributed by atoms with E-state index in [-0.39, 0.29) is 37.0 Å². The minimum Gasteiger partial charge on any atom is -0.395 e. The number of imidazole rings is 1. The highest BCUT2D eigenvalue weighted by Crippen LogP contribution is 2.16. The molecule has 1 atom stereocenters. The lowest BCUT2D eigenvalue weighted by atomic mass is 10.2. The zero-order valence-corrected chi connectivity index (χ0v) is 12.9. The van der Waals surface area contributed by atoms with Crippen molar-refractivity contribution < 1.29 is 10.2 Å².